The predicted octanol–water partition coefficient (Wildman–Crippen LogP) is 2.59. The smallest absolute Gasteiger partial charge is 0.326 e. The molecule has 0 aliphatic rings. The van der Waals surface area contributed by atoms with Crippen LogP contribution in [0.15, 0.2) is 17.4 Å². The number of thioether (sulfide) groups is 1. The van der Waals surface area contributed by atoms with Gasteiger partial charge in [0.1, 0.15) is 5.54 Å². The van der Waals surface area contributed by atoms with Gasteiger partial charge in [-0.1, -0.05) is 25.6 Å². The van der Waals surface area contributed by atoms with E-state index in [1.54, 1.807) is 18.0 Å². The second kappa shape index (κ2) is 8.34. The summed E-state index contributed by atoms with van der Waals surface area (Å²) < 4.78 is 5.19. The Hall–Kier alpha value is -1.14. The Morgan fingerprint density at radius 1 is 1.52 bits per heavy atom. The molecule has 0 saturated carbocycles. The molecular weight excluding hydrogens is 286 g/mol. The lowest BCUT2D eigenvalue weighted by atomic mass is 9.96. The van der Waals surface area contributed by atoms with Crippen LogP contribution in [0, 0.1) is 6.92 Å². The molecule has 2 unspecified atom stereocenters. The van der Waals surface area contributed by atoms with Crippen molar-refractivity contribution in [3.8, 4) is 0 Å². The third kappa shape index (κ3) is 5.63. The van der Waals surface area contributed by atoms with E-state index in [1.165, 1.54) is 0 Å². The van der Waals surface area contributed by atoms with E-state index in [2.05, 4.69) is 22.2 Å². The van der Waals surface area contributed by atoms with Gasteiger partial charge in [0.15, 0.2) is 5.16 Å². The molecule has 0 radical (unpaired) electrons. The number of aryl methyl sites for hydroxylation is 1. The fourth-order valence-corrected chi connectivity index (χ4v) is 3.28. The second-order valence-corrected chi connectivity index (χ2v) is 6.60. The van der Waals surface area contributed by atoms with Gasteiger partial charge < -0.3 is 10.1 Å². The third-order valence-electron chi connectivity index (χ3n) is 3.07. The maximum atomic E-state index is 12.2. The summed E-state index contributed by atoms with van der Waals surface area (Å²) in [6.45, 7) is 10.8. The van der Waals surface area contributed by atoms with E-state index in [0.717, 1.165) is 10.9 Å². The molecule has 0 amide bonds. The van der Waals surface area contributed by atoms with E-state index >= 15 is 0 Å². The summed E-state index contributed by atoms with van der Waals surface area (Å²) in [7, 11) is 0. The molecular formula is C15H25N3O2S. The van der Waals surface area contributed by atoms with E-state index in [-0.39, 0.29) is 11.2 Å². The summed E-state index contributed by atoms with van der Waals surface area (Å²) in [6.07, 6.45) is 2.41. The lowest BCUT2D eigenvalue weighted by molar-refractivity contribution is -0.150. The van der Waals surface area contributed by atoms with Crippen LogP contribution < -0.4 is 5.32 Å². The number of nitrogens with one attached hydrogen (secondary N) is 1. The van der Waals surface area contributed by atoms with Crippen LogP contribution >= 0.6 is 11.8 Å². The first-order valence-corrected chi connectivity index (χ1v) is 8.17. The van der Waals surface area contributed by atoms with Crippen molar-refractivity contribution < 1.29 is 9.53 Å². The van der Waals surface area contributed by atoms with Gasteiger partial charge in [-0.25, -0.2) is 9.97 Å². The van der Waals surface area contributed by atoms with Crippen LogP contribution in [0.1, 0.15) is 39.8 Å². The van der Waals surface area contributed by atoms with Gasteiger partial charge in [-0.3, -0.25) is 4.79 Å². The number of likely N-dealkylation sites (N-methyl/N-ethyl adjacent to an activating group) is 1. The fourth-order valence-electron chi connectivity index (χ4n) is 2.19. The maximum Gasteiger partial charge on any atom is 0.326 e. The Morgan fingerprint density at radius 3 is 2.81 bits per heavy atom. The minimum absolute atomic E-state index is 0.195. The Bertz CT molecular complexity index is 470. The summed E-state index contributed by atoms with van der Waals surface area (Å²) in [5, 5.41) is 4.18. The topological polar surface area (TPSA) is 64.1 Å². The molecule has 6 heteroatoms. The van der Waals surface area contributed by atoms with Gasteiger partial charge >= 0.3 is 5.97 Å². The molecule has 0 aliphatic carbocycles. The predicted molar refractivity (Wildman–Crippen MR) is 85.4 cm³/mol. The molecule has 0 aliphatic heterocycles. The van der Waals surface area contributed by atoms with Crippen molar-refractivity contribution in [3.63, 3.8) is 0 Å². The zero-order chi connectivity index (χ0) is 15.9. The van der Waals surface area contributed by atoms with Gasteiger partial charge in [0.25, 0.3) is 0 Å². The molecule has 21 heavy (non-hydrogen) atoms. The van der Waals surface area contributed by atoms with Gasteiger partial charge in [0, 0.05) is 17.1 Å². The van der Waals surface area contributed by atoms with Crippen LogP contribution in [0.2, 0.25) is 0 Å². The number of nitrogens with zero attached hydrogens (tertiary/aromatic N) is 2. The lowest BCUT2D eigenvalue weighted by Crippen LogP contribution is -2.51. The van der Waals surface area contributed by atoms with Crippen molar-refractivity contribution in [2.45, 2.75) is 57.0 Å². The van der Waals surface area contributed by atoms with E-state index in [0.29, 0.717) is 19.6 Å². The Labute approximate surface area is 131 Å². The molecule has 5 nitrogen and oxygen atoms in total. The Morgan fingerprint density at radius 2 is 2.24 bits per heavy atom. The summed E-state index contributed by atoms with van der Waals surface area (Å²) in [5.74, 6) is -0.204. The quantitative estimate of drug-likeness (QED) is 0.452. The summed E-state index contributed by atoms with van der Waals surface area (Å²) in [6, 6.07) is 1.87. The molecule has 1 heterocycles. The van der Waals surface area contributed by atoms with Crippen LogP contribution in [0.25, 0.3) is 0 Å². The minimum atomic E-state index is -0.680. The van der Waals surface area contributed by atoms with E-state index in [4.69, 9.17) is 4.74 Å². The number of hydrogen-bond acceptors (Lipinski definition) is 6. The monoisotopic (exact) mass is 311 g/mol. The molecule has 1 aromatic rings. The van der Waals surface area contributed by atoms with Crippen molar-refractivity contribution in [3.05, 3.63) is 18.0 Å². The number of esters is 1. The number of rotatable bonds is 8. The van der Waals surface area contributed by atoms with Crippen LogP contribution in [0.5, 0.6) is 0 Å². The highest BCUT2D eigenvalue weighted by Crippen LogP contribution is 2.27. The normalized spacial score (nSPS) is 15.3. The SMILES string of the molecule is CCNC(C)(CC(C)Sc1nccc(C)n1)C(=O)OCC. The van der Waals surface area contributed by atoms with Crippen LogP contribution in [-0.4, -0.2) is 39.9 Å². The molecule has 1 N–H and O–H groups in total. The van der Waals surface area contributed by atoms with E-state index in [9.17, 15) is 4.79 Å². The number of carbonyl (C=O) groups excluding carboxylic acids is 1. The zero-order valence-corrected chi connectivity index (χ0v) is 14.3. The molecule has 0 fully saturated rings. The summed E-state index contributed by atoms with van der Waals surface area (Å²) in [4.78, 5) is 20.8. The van der Waals surface area contributed by atoms with Crippen molar-refractivity contribution in [2.24, 2.45) is 0 Å². The van der Waals surface area contributed by atoms with Crippen LogP contribution in [-0.2, 0) is 9.53 Å². The first-order chi connectivity index (χ1) is 9.91. The highest BCUT2D eigenvalue weighted by Gasteiger charge is 2.35. The lowest BCUT2D eigenvalue weighted by Gasteiger charge is -2.30. The molecule has 0 bridgehead atoms. The van der Waals surface area contributed by atoms with E-state index in [1.807, 2.05) is 33.8 Å². The zero-order valence-electron chi connectivity index (χ0n) is 13.5. The number of ether oxygens (including phenoxy) is 1. The van der Waals surface area contributed by atoms with E-state index < -0.39 is 5.54 Å². The van der Waals surface area contributed by atoms with Crippen molar-refractivity contribution in [2.75, 3.05) is 13.2 Å². The highest BCUT2D eigenvalue weighted by molar-refractivity contribution is 7.99. The molecule has 2 atom stereocenters. The molecule has 0 saturated heterocycles. The average Bonchev–Trinajstić information content (AvgIpc) is 2.38. The molecule has 1 rings (SSSR count). The number of carbonyl (C=O) groups is 1. The summed E-state index contributed by atoms with van der Waals surface area (Å²) in [5.41, 5.74) is 0.264. The fraction of sp³-hybridized carbons (Fsp3) is 0.667. The first-order valence-electron chi connectivity index (χ1n) is 7.29. The van der Waals surface area contributed by atoms with Gasteiger partial charge in [0.2, 0.25) is 0 Å². The second-order valence-electron chi connectivity index (χ2n) is 5.20. The number of hydrogen-bond donors (Lipinski definition) is 1. The summed E-state index contributed by atoms with van der Waals surface area (Å²) >= 11 is 1.58. The van der Waals surface area contributed by atoms with Crippen LogP contribution in [0.4, 0.5) is 0 Å². The third-order valence-corrected chi connectivity index (χ3v) is 4.04. The average molecular weight is 311 g/mol. The number of aromatic nitrogens is 2. The largest absolute Gasteiger partial charge is 0.465 e. The van der Waals surface area contributed by atoms with Crippen LogP contribution in [0.3, 0.4) is 0 Å². The Balaban J connectivity index is 2.72. The molecule has 118 valence electrons. The van der Waals surface area contributed by atoms with Gasteiger partial charge in [-0.2, -0.15) is 0 Å². The van der Waals surface area contributed by atoms with Gasteiger partial charge in [0.05, 0.1) is 6.61 Å². The minimum Gasteiger partial charge on any atom is -0.465 e. The highest BCUT2D eigenvalue weighted by atomic mass is 32.2. The van der Waals surface area contributed by atoms with Crippen molar-refractivity contribution >= 4 is 17.7 Å². The molecule has 0 spiro atoms. The molecule has 0 aromatic carbocycles. The van der Waals surface area contributed by atoms with Gasteiger partial charge in [-0.05, 0) is 39.8 Å². The van der Waals surface area contributed by atoms with Crippen molar-refractivity contribution in [1.29, 1.82) is 0 Å². The van der Waals surface area contributed by atoms with Crippen molar-refractivity contribution in [1.82, 2.24) is 15.3 Å². The van der Waals surface area contributed by atoms with Gasteiger partial charge in [-0.15, -0.1) is 0 Å². The molecule has 1 aromatic heterocycles. The Kier molecular flexibility index (Phi) is 7.11. The first kappa shape index (κ1) is 17.9. The maximum absolute atomic E-state index is 12.2. The standard InChI is InChI=1S/C15H25N3O2S/c1-6-17-15(5,13(19)20-7-2)10-12(4)21-14-16-9-8-11(3)18-14/h8-9,12,17H,6-7,10H2,1-5H3.